The monoisotopic (exact) mass is 1080 g/mol. The number of aryl methyl sites for hydroxylation is 2. The highest BCUT2D eigenvalue weighted by Crippen LogP contribution is 2.57. The van der Waals surface area contributed by atoms with Crippen molar-refractivity contribution in [2.45, 2.75) is 78.6 Å². The van der Waals surface area contributed by atoms with Crippen molar-refractivity contribution >= 4 is 77.2 Å². The summed E-state index contributed by atoms with van der Waals surface area (Å²) in [6.07, 6.45) is 0. The average Bonchev–Trinajstić information content (AvgIpc) is 2.52. The van der Waals surface area contributed by atoms with E-state index >= 15 is 0 Å². The molecule has 13 aromatic carbocycles. The highest BCUT2D eigenvalue weighted by atomic mass is 15.1. The molecular formula is C82H68N2. The lowest BCUT2D eigenvalue weighted by Gasteiger charge is -2.29. The largest absolute Gasteiger partial charge is 0.310 e. The molecule has 0 aromatic heterocycles. The molecule has 2 nitrogen and oxygen atoms in total. The summed E-state index contributed by atoms with van der Waals surface area (Å²) < 4.78 is 0. The van der Waals surface area contributed by atoms with Crippen LogP contribution in [0.1, 0.15) is 87.4 Å². The Bertz CT molecular complexity index is 4800. The maximum absolute atomic E-state index is 2.55. The van der Waals surface area contributed by atoms with E-state index in [-0.39, 0.29) is 16.2 Å². The van der Waals surface area contributed by atoms with Crippen molar-refractivity contribution in [3.05, 3.63) is 288 Å². The molecule has 84 heavy (non-hydrogen) atoms. The summed E-state index contributed by atoms with van der Waals surface area (Å²) in [6, 6.07) is 94.7. The zero-order chi connectivity index (χ0) is 57.4. The van der Waals surface area contributed by atoms with Gasteiger partial charge in [-0.25, -0.2) is 0 Å². The summed E-state index contributed by atoms with van der Waals surface area (Å²) in [7, 11) is 0. The summed E-state index contributed by atoms with van der Waals surface area (Å²) in [5.41, 5.74) is 25.7. The summed E-state index contributed by atoms with van der Waals surface area (Å²) in [4.78, 5) is 4.88. The van der Waals surface area contributed by atoms with Crippen molar-refractivity contribution in [2.75, 3.05) is 9.80 Å². The molecule has 2 heteroatoms. The molecule has 2 aliphatic carbocycles. The molecule has 15 rings (SSSR count). The van der Waals surface area contributed by atoms with E-state index in [1.54, 1.807) is 0 Å². The second-order valence-electron chi connectivity index (χ2n) is 25.9. The fourth-order valence-electron chi connectivity index (χ4n) is 14.4. The first kappa shape index (κ1) is 51.4. The van der Waals surface area contributed by atoms with E-state index in [1.165, 1.54) is 127 Å². The van der Waals surface area contributed by atoms with E-state index in [1.807, 2.05) is 0 Å². The first-order valence-electron chi connectivity index (χ1n) is 29.9. The van der Waals surface area contributed by atoms with E-state index in [4.69, 9.17) is 0 Å². The van der Waals surface area contributed by atoms with Gasteiger partial charge in [0.25, 0.3) is 0 Å². The van der Waals surface area contributed by atoms with Crippen molar-refractivity contribution in [1.82, 2.24) is 0 Å². The fourth-order valence-corrected chi connectivity index (χ4v) is 14.4. The van der Waals surface area contributed by atoms with E-state index < -0.39 is 0 Å². The molecule has 406 valence electrons. The molecule has 13 aromatic rings. The Kier molecular flexibility index (Phi) is 11.6. The van der Waals surface area contributed by atoms with Gasteiger partial charge in [0.1, 0.15) is 0 Å². The standard InChI is InChI=1S/C82H68N2/c1-51-23-33-59(34-24-51)83(58-19-11-10-12-20-58)62-39-43-66-70(49-62)76(55-27-41-68-74(47-55)81(6,7)72-45-29-53-17-13-15-21-64(53)78(68)72)67-44-40-63(84(60-35-25-52(2)26-36-60)61-37-31-57(32-38-61)80(3,4)5)50-71(67)77(66)56-28-42-69-75(48-56)82(8,9)73-46-30-54-18-14-16-22-65(54)79(69)73/h10-50H,1-9H3. The van der Waals surface area contributed by atoms with Crippen LogP contribution in [0, 0.1) is 13.8 Å². The van der Waals surface area contributed by atoms with Crippen LogP contribution in [0.3, 0.4) is 0 Å². The molecule has 0 bridgehead atoms. The maximum Gasteiger partial charge on any atom is 0.0468 e. The summed E-state index contributed by atoms with van der Waals surface area (Å²) >= 11 is 0. The summed E-state index contributed by atoms with van der Waals surface area (Å²) in [5.74, 6) is 0. The van der Waals surface area contributed by atoms with Crippen LogP contribution in [0.4, 0.5) is 34.1 Å². The van der Waals surface area contributed by atoms with Gasteiger partial charge in [0.2, 0.25) is 0 Å². The number of anilines is 6. The predicted octanol–water partition coefficient (Wildman–Crippen LogP) is 23.1. The van der Waals surface area contributed by atoms with Gasteiger partial charge in [0, 0.05) is 45.0 Å². The smallest absolute Gasteiger partial charge is 0.0468 e. The number of para-hydroxylation sites is 1. The van der Waals surface area contributed by atoms with Crippen LogP contribution in [0.2, 0.25) is 0 Å². The normalized spacial score (nSPS) is 13.7. The minimum atomic E-state index is -0.236. The van der Waals surface area contributed by atoms with Crippen molar-refractivity contribution in [3.63, 3.8) is 0 Å². The zero-order valence-electron chi connectivity index (χ0n) is 49.6. The van der Waals surface area contributed by atoms with Crippen molar-refractivity contribution < 1.29 is 0 Å². The Labute approximate surface area is 495 Å². The Balaban J connectivity index is 1.05. The quantitative estimate of drug-likeness (QED) is 0.140. The molecule has 0 amide bonds. The van der Waals surface area contributed by atoms with Gasteiger partial charge in [-0.05, 0) is 220 Å². The van der Waals surface area contributed by atoms with Gasteiger partial charge in [-0.3, -0.25) is 0 Å². The third kappa shape index (κ3) is 8.06. The van der Waals surface area contributed by atoms with E-state index in [0.29, 0.717) is 0 Å². The van der Waals surface area contributed by atoms with Crippen LogP contribution in [0.25, 0.3) is 87.6 Å². The van der Waals surface area contributed by atoms with E-state index in [2.05, 4.69) is 321 Å². The Morgan fingerprint density at radius 1 is 0.286 bits per heavy atom. The molecule has 0 radical (unpaired) electrons. The first-order valence-corrected chi connectivity index (χ1v) is 29.9. The Morgan fingerprint density at radius 2 is 0.667 bits per heavy atom. The number of rotatable bonds is 8. The highest BCUT2D eigenvalue weighted by Gasteiger charge is 2.39. The third-order valence-electron chi connectivity index (χ3n) is 18.9. The Morgan fingerprint density at radius 3 is 1.10 bits per heavy atom. The number of hydrogen-bond donors (Lipinski definition) is 0. The minimum Gasteiger partial charge on any atom is -0.310 e. The Hall–Kier alpha value is -9.50. The summed E-state index contributed by atoms with van der Waals surface area (Å²) in [6.45, 7) is 20.9. The lowest BCUT2D eigenvalue weighted by atomic mass is 9.79. The summed E-state index contributed by atoms with van der Waals surface area (Å²) in [5, 5.41) is 9.99. The molecule has 0 unspecified atom stereocenters. The van der Waals surface area contributed by atoms with Crippen LogP contribution in [-0.4, -0.2) is 0 Å². The van der Waals surface area contributed by atoms with Gasteiger partial charge in [0.15, 0.2) is 0 Å². The van der Waals surface area contributed by atoms with E-state index in [0.717, 1.165) is 34.1 Å². The average molecular weight is 1080 g/mol. The van der Waals surface area contributed by atoms with Gasteiger partial charge in [-0.1, -0.05) is 223 Å². The second kappa shape index (κ2) is 19.0. The molecule has 0 fully saturated rings. The van der Waals surface area contributed by atoms with Crippen LogP contribution in [0.15, 0.2) is 249 Å². The number of nitrogens with zero attached hydrogens (tertiary/aromatic N) is 2. The van der Waals surface area contributed by atoms with Crippen molar-refractivity contribution in [3.8, 4) is 44.5 Å². The van der Waals surface area contributed by atoms with Gasteiger partial charge in [-0.15, -0.1) is 0 Å². The third-order valence-corrected chi connectivity index (χ3v) is 18.9. The molecule has 0 atom stereocenters. The van der Waals surface area contributed by atoms with Crippen LogP contribution < -0.4 is 9.80 Å². The predicted molar refractivity (Wildman–Crippen MR) is 360 cm³/mol. The van der Waals surface area contributed by atoms with Crippen molar-refractivity contribution in [1.29, 1.82) is 0 Å². The van der Waals surface area contributed by atoms with Crippen LogP contribution in [0.5, 0.6) is 0 Å². The zero-order valence-corrected chi connectivity index (χ0v) is 49.6. The maximum atomic E-state index is 2.55. The SMILES string of the molecule is Cc1ccc(N(c2ccccc2)c2ccc3c(-c4ccc5c(c4)C(C)(C)c4ccc6ccccc6c4-5)c4cc(N(c5ccc(C)cc5)c5ccc(C(C)(C)C)cc5)ccc4c(-c4ccc5c(c4)C(C)(C)c4ccc6ccccc6c4-5)c3c2)cc1. The van der Waals surface area contributed by atoms with Gasteiger partial charge < -0.3 is 9.80 Å². The minimum absolute atomic E-state index is 0.0168. The second-order valence-corrected chi connectivity index (χ2v) is 25.9. The number of benzene rings is 13. The van der Waals surface area contributed by atoms with Gasteiger partial charge in [-0.2, -0.15) is 0 Å². The highest BCUT2D eigenvalue weighted by molar-refractivity contribution is 6.23. The molecular weight excluding hydrogens is 1010 g/mol. The van der Waals surface area contributed by atoms with E-state index in [9.17, 15) is 0 Å². The fraction of sp³-hybridized carbons (Fsp3) is 0.146. The van der Waals surface area contributed by atoms with Crippen LogP contribution in [-0.2, 0) is 16.2 Å². The molecule has 0 spiro atoms. The lowest BCUT2D eigenvalue weighted by molar-refractivity contribution is 0.590. The topological polar surface area (TPSA) is 6.48 Å². The molecule has 0 N–H and O–H groups in total. The van der Waals surface area contributed by atoms with Crippen molar-refractivity contribution in [2.24, 2.45) is 0 Å². The van der Waals surface area contributed by atoms with Gasteiger partial charge in [0.05, 0.1) is 0 Å². The molecule has 0 saturated carbocycles. The molecule has 0 saturated heterocycles. The molecule has 0 heterocycles. The first-order chi connectivity index (χ1) is 40.6. The van der Waals surface area contributed by atoms with Crippen LogP contribution >= 0.6 is 0 Å². The number of fused-ring (bicyclic) bond motifs is 12. The molecule has 2 aliphatic rings. The molecule has 0 aliphatic heterocycles. The number of hydrogen-bond acceptors (Lipinski definition) is 2. The lowest BCUT2D eigenvalue weighted by Crippen LogP contribution is -2.15. The van der Waals surface area contributed by atoms with Gasteiger partial charge >= 0.3 is 0 Å².